The van der Waals surface area contributed by atoms with Crippen LogP contribution in [0, 0.1) is 0 Å². The van der Waals surface area contributed by atoms with E-state index in [9.17, 15) is 12.6 Å². The molecule has 0 aromatic heterocycles. The third-order valence-corrected chi connectivity index (χ3v) is 5.96. The van der Waals surface area contributed by atoms with E-state index >= 15 is 0 Å². The van der Waals surface area contributed by atoms with Gasteiger partial charge < -0.3 is 5.73 Å². The van der Waals surface area contributed by atoms with E-state index in [1.807, 2.05) is 6.92 Å². The third kappa shape index (κ3) is 4.62. The van der Waals surface area contributed by atoms with Gasteiger partial charge in [-0.2, -0.15) is 0 Å². The van der Waals surface area contributed by atoms with Gasteiger partial charge >= 0.3 is 0 Å². The summed E-state index contributed by atoms with van der Waals surface area (Å²) in [5.41, 5.74) is 5.85. The second-order valence-electron chi connectivity index (χ2n) is 4.36. The van der Waals surface area contributed by atoms with Gasteiger partial charge in [-0.15, -0.1) is 0 Å². The van der Waals surface area contributed by atoms with E-state index in [1.54, 1.807) is 24.5 Å². The van der Waals surface area contributed by atoms with Crippen LogP contribution in [-0.4, -0.2) is 35.7 Å². The van der Waals surface area contributed by atoms with Crippen molar-refractivity contribution in [3.05, 3.63) is 29.8 Å². The molecule has 0 aliphatic heterocycles. The van der Waals surface area contributed by atoms with Crippen LogP contribution in [0.4, 0.5) is 0 Å². The molecular formula is C12H18N2O3S3. The first kappa shape index (κ1) is 17.2. The van der Waals surface area contributed by atoms with Gasteiger partial charge in [0.2, 0.25) is 10.0 Å². The summed E-state index contributed by atoms with van der Waals surface area (Å²) in [6.45, 7) is 2.03. The molecule has 1 aromatic rings. The molecule has 5 nitrogen and oxygen atoms in total. The molecule has 0 radical (unpaired) electrons. The standard InChI is InChI=1S/C12H18N2O3S3/c1-9(19(2)15)7-8-14-20(16,17)11-6-4-3-5-10(11)12(13)18/h3-6,9,14H,7-8H2,1-2H3,(H2,13,18). The van der Waals surface area contributed by atoms with Gasteiger partial charge in [0.1, 0.15) is 4.99 Å². The molecule has 112 valence electrons. The predicted molar refractivity (Wildman–Crippen MR) is 85.7 cm³/mol. The number of hydrogen-bond donors (Lipinski definition) is 2. The maximum atomic E-state index is 12.2. The van der Waals surface area contributed by atoms with Gasteiger partial charge in [-0.25, -0.2) is 13.1 Å². The van der Waals surface area contributed by atoms with Crippen molar-refractivity contribution in [2.24, 2.45) is 5.73 Å². The summed E-state index contributed by atoms with van der Waals surface area (Å²) < 4.78 is 38.1. The van der Waals surface area contributed by atoms with Crippen molar-refractivity contribution < 1.29 is 12.6 Å². The zero-order chi connectivity index (χ0) is 15.3. The highest BCUT2D eigenvalue weighted by Crippen LogP contribution is 2.15. The Balaban J connectivity index is 2.85. The Hall–Kier alpha value is -0.830. The summed E-state index contributed by atoms with van der Waals surface area (Å²) in [6.07, 6.45) is 2.10. The summed E-state index contributed by atoms with van der Waals surface area (Å²) in [4.78, 5) is 0.103. The van der Waals surface area contributed by atoms with Crippen molar-refractivity contribution in [1.29, 1.82) is 0 Å². The Kier molecular flexibility index (Phi) is 6.25. The SMILES string of the molecule is CC(CCNS(=O)(=O)c1ccccc1C(N)=S)S(C)=O. The van der Waals surface area contributed by atoms with Crippen LogP contribution in [0.5, 0.6) is 0 Å². The first-order valence-corrected chi connectivity index (χ1v) is 9.47. The Morgan fingerprint density at radius 1 is 1.45 bits per heavy atom. The highest BCUT2D eigenvalue weighted by atomic mass is 32.2. The summed E-state index contributed by atoms with van der Waals surface area (Å²) in [5, 5.41) is -0.0662. The van der Waals surface area contributed by atoms with Gasteiger partial charge in [-0.3, -0.25) is 4.21 Å². The zero-order valence-corrected chi connectivity index (χ0v) is 13.8. The maximum absolute atomic E-state index is 12.2. The number of benzene rings is 1. The first-order chi connectivity index (χ1) is 9.25. The van der Waals surface area contributed by atoms with Gasteiger partial charge in [0.15, 0.2) is 0 Å². The molecule has 0 saturated heterocycles. The van der Waals surface area contributed by atoms with E-state index in [2.05, 4.69) is 4.72 Å². The smallest absolute Gasteiger partial charge is 0.241 e. The van der Waals surface area contributed by atoms with Crippen molar-refractivity contribution in [1.82, 2.24) is 4.72 Å². The van der Waals surface area contributed by atoms with Crippen molar-refractivity contribution in [3.8, 4) is 0 Å². The minimum absolute atomic E-state index is 0.0361. The van der Waals surface area contributed by atoms with E-state index in [0.29, 0.717) is 12.0 Å². The molecule has 0 fully saturated rings. The molecule has 0 bridgehead atoms. The highest BCUT2D eigenvalue weighted by molar-refractivity contribution is 7.89. The van der Waals surface area contributed by atoms with Crippen LogP contribution in [-0.2, 0) is 20.8 Å². The average Bonchev–Trinajstić information content (AvgIpc) is 2.38. The Morgan fingerprint density at radius 2 is 2.05 bits per heavy atom. The summed E-state index contributed by atoms with van der Waals surface area (Å²) in [6, 6.07) is 6.31. The average molecular weight is 334 g/mol. The Morgan fingerprint density at radius 3 is 2.60 bits per heavy atom. The predicted octanol–water partition coefficient (Wildman–Crippen LogP) is 0.756. The molecule has 0 spiro atoms. The molecule has 0 saturated carbocycles. The Bertz CT molecular complexity index is 614. The van der Waals surface area contributed by atoms with Crippen molar-refractivity contribution in [3.63, 3.8) is 0 Å². The molecule has 2 atom stereocenters. The summed E-state index contributed by atoms with van der Waals surface area (Å²) >= 11 is 4.85. The quantitative estimate of drug-likeness (QED) is 0.719. The topological polar surface area (TPSA) is 89.3 Å². The van der Waals surface area contributed by atoms with Gasteiger partial charge in [0, 0.05) is 34.4 Å². The monoisotopic (exact) mass is 334 g/mol. The maximum Gasteiger partial charge on any atom is 0.241 e. The van der Waals surface area contributed by atoms with E-state index in [1.165, 1.54) is 6.07 Å². The van der Waals surface area contributed by atoms with E-state index < -0.39 is 20.8 Å². The molecule has 0 aliphatic rings. The van der Waals surface area contributed by atoms with Crippen LogP contribution in [0.15, 0.2) is 29.2 Å². The first-order valence-electron chi connectivity index (χ1n) is 5.96. The zero-order valence-electron chi connectivity index (χ0n) is 11.3. The molecule has 1 aromatic carbocycles. The van der Waals surface area contributed by atoms with Crippen molar-refractivity contribution in [2.45, 2.75) is 23.5 Å². The molecular weight excluding hydrogens is 316 g/mol. The summed E-state index contributed by atoms with van der Waals surface area (Å²) in [5.74, 6) is 0. The molecule has 3 N–H and O–H groups in total. The molecule has 2 unspecified atom stereocenters. The van der Waals surface area contributed by atoms with Crippen LogP contribution in [0.1, 0.15) is 18.9 Å². The lowest BCUT2D eigenvalue weighted by Gasteiger charge is -2.12. The normalized spacial score (nSPS) is 14.7. The number of sulfonamides is 1. The fraction of sp³-hybridized carbons (Fsp3) is 0.417. The van der Waals surface area contributed by atoms with Crippen molar-refractivity contribution >= 4 is 38.0 Å². The second kappa shape index (κ2) is 7.26. The lowest BCUT2D eigenvalue weighted by atomic mass is 10.2. The number of rotatable bonds is 7. The minimum Gasteiger partial charge on any atom is -0.389 e. The minimum atomic E-state index is -3.67. The van der Waals surface area contributed by atoms with Crippen LogP contribution < -0.4 is 10.5 Å². The lowest BCUT2D eigenvalue weighted by molar-refractivity contribution is 0.577. The summed E-state index contributed by atoms with van der Waals surface area (Å²) in [7, 11) is -4.64. The van der Waals surface area contributed by atoms with Crippen LogP contribution >= 0.6 is 12.2 Å². The lowest BCUT2D eigenvalue weighted by Crippen LogP contribution is -2.29. The largest absolute Gasteiger partial charge is 0.389 e. The van der Waals surface area contributed by atoms with Crippen molar-refractivity contribution in [2.75, 3.05) is 12.8 Å². The second-order valence-corrected chi connectivity index (χ2v) is 8.33. The molecule has 20 heavy (non-hydrogen) atoms. The molecule has 8 heteroatoms. The van der Waals surface area contributed by atoms with Gasteiger partial charge in [-0.1, -0.05) is 37.3 Å². The van der Waals surface area contributed by atoms with E-state index in [4.69, 9.17) is 18.0 Å². The van der Waals surface area contributed by atoms with Crippen LogP contribution in [0.25, 0.3) is 0 Å². The molecule has 1 rings (SSSR count). The number of thiocarbonyl (C=S) groups is 1. The van der Waals surface area contributed by atoms with Gasteiger partial charge in [-0.05, 0) is 12.5 Å². The van der Waals surface area contributed by atoms with Crippen LogP contribution in [0.2, 0.25) is 0 Å². The molecule has 0 heterocycles. The van der Waals surface area contributed by atoms with E-state index in [0.717, 1.165) is 0 Å². The fourth-order valence-corrected chi connectivity index (χ4v) is 3.50. The fourth-order valence-electron chi connectivity index (χ4n) is 1.54. The Labute approximate surface area is 127 Å². The molecule has 0 amide bonds. The van der Waals surface area contributed by atoms with E-state index in [-0.39, 0.29) is 21.7 Å². The van der Waals surface area contributed by atoms with Gasteiger partial charge in [0.05, 0.1) is 4.90 Å². The molecule has 0 aliphatic carbocycles. The van der Waals surface area contributed by atoms with Crippen LogP contribution in [0.3, 0.4) is 0 Å². The number of nitrogens with one attached hydrogen (secondary N) is 1. The highest BCUT2D eigenvalue weighted by Gasteiger charge is 2.19. The number of nitrogens with two attached hydrogens (primary N) is 1. The van der Waals surface area contributed by atoms with Gasteiger partial charge in [0.25, 0.3) is 0 Å². The third-order valence-electron chi connectivity index (χ3n) is 2.85. The number of hydrogen-bond acceptors (Lipinski definition) is 4.